The Balaban J connectivity index is 2.50. The lowest BCUT2D eigenvalue weighted by Crippen LogP contribution is -2.04. The largest absolute Gasteiger partial charge is 0.399 e. The van der Waals surface area contributed by atoms with Crippen LogP contribution in [-0.2, 0) is 0 Å². The van der Waals surface area contributed by atoms with Gasteiger partial charge in [-0.1, -0.05) is 26.0 Å². The van der Waals surface area contributed by atoms with E-state index in [2.05, 4.69) is 13.8 Å². The Bertz CT molecular complexity index is 303. The summed E-state index contributed by atoms with van der Waals surface area (Å²) in [5, 5.41) is 10.5. The zero-order valence-corrected chi connectivity index (χ0v) is 10.1. The van der Waals surface area contributed by atoms with Gasteiger partial charge in [0.2, 0.25) is 0 Å². The molecule has 3 heteroatoms. The molecule has 1 aromatic rings. The van der Waals surface area contributed by atoms with E-state index < -0.39 is 6.10 Å². The van der Waals surface area contributed by atoms with Gasteiger partial charge in [-0.25, -0.2) is 0 Å². The molecule has 0 aliphatic rings. The Labute approximate surface area is 95.9 Å². The number of anilines is 1. The smallest absolute Gasteiger partial charge is 0.0881 e. The molecule has 2 unspecified atom stereocenters. The van der Waals surface area contributed by atoms with E-state index in [1.54, 1.807) is 11.8 Å². The zero-order valence-electron chi connectivity index (χ0n) is 9.31. The number of hydrogen-bond donors (Lipinski definition) is 2. The monoisotopic (exact) mass is 225 g/mol. The van der Waals surface area contributed by atoms with E-state index in [0.717, 1.165) is 17.7 Å². The Morgan fingerprint density at radius 1 is 1.47 bits per heavy atom. The average Bonchev–Trinajstić information content (AvgIpc) is 2.25. The van der Waals surface area contributed by atoms with Gasteiger partial charge < -0.3 is 10.8 Å². The van der Waals surface area contributed by atoms with Gasteiger partial charge in [-0.15, -0.1) is 0 Å². The summed E-state index contributed by atoms with van der Waals surface area (Å²) in [6, 6.07) is 7.46. The van der Waals surface area contributed by atoms with Gasteiger partial charge in [0.15, 0.2) is 0 Å². The molecule has 0 aliphatic heterocycles. The Morgan fingerprint density at radius 2 is 2.20 bits per heavy atom. The van der Waals surface area contributed by atoms with Crippen molar-refractivity contribution in [3.05, 3.63) is 29.8 Å². The van der Waals surface area contributed by atoms with Crippen LogP contribution in [0.15, 0.2) is 24.3 Å². The molecule has 1 aromatic carbocycles. The van der Waals surface area contributed by atoms with Crippen molar-refractivity contribution in [2.45, 2.75) is 31.6 Å². The maximum atomic E-state index is 9.91. The van der Waals surface area contributed by atoms with E-state index in [4.69, 9.17) is 5.73 Å². The second kappa shape index (κ2) is 6.03. The lowest BCUT2D eigenvalue weighted by Gasteiger charge is -2.14. The van der Waals surface area contributed by atoms with Gasteiger partial charge in [0.05, 0.1) is 6.10 Å². The van der Waals surface area contributed by atoms with Crippen LogP contribution >= 0.6 is 11.8 Å². The number of thioether (sulfide) groups is 1. The minimum Gasteiger partial charge on any atom is -0.399 e. The van der Waals surface area contributed by atoms with Crippen molar-refractivity contribution in [1.29, 1.82) is 0 Å². The Kier molecular flexibility index (Phi) is 4.99. The van der Waals surface area contributed by atoms with E-state index in [1.807, 2.05) is 24.3 Å². The van der Waals surface area contributed by atoms with E-state index >= 15 is 0 Å². The molecule has 0 heterocycles. The van der Waals surface area contributed by atoms with E-state index in [9.17, 15) is 5.11 Å². The maximum Gasteiger partial charge on any atom is 0.0881 e. The standard InChI is InChI=1S/C12H19NOS/c1-3-9(2)15-8-12(14)10-5-4-6-11(13)7-10/h4-7,9,12,14H,3,8,13H2,1-2H3. The van der Waals surface area contributed by atoms with Crippen molar-refractivity contribution < 1.29 is 5.11 Å². The molecule has 0 saturated heterocycles. The van der Waals surface area contributed by atoms with Crippen molar-refractivity contribution in [3.63, 3.8) is 0 Å². The summed E-state index contributed by atoms with van der Waals surface area (Å²) in [5.41, 5.74) is 7.28. The molecule has 0 aliphatic carbocycles. The highest BCUT2D eigenvalue weighted by molar-refractivity contribution is 7.99. The molecule has 3 N–H and O–H groups in total. The summed E-state index contributed by atoms with van der Waals surface area (Å²) in [5.74, 6) is 0.735. The van der Waals surface area contributed by atoms with Crippen molar-refractivity contribution >= 4 is 17.4 Å². The molecule has 0 spiro atoms. The van der Waals surface area contributed by atoms with Gasteiger partial charge in [-0.3, -0.25) is 0 Å². The van der Waals surface area contributed by atoms with Gasteiger partial charge in [0.1, 0.15) is 0 Å². The minimum absolute atomic E-state index is 0.410. The second-order valence-electron chi connectivity index (χ2n) is 3.74. The summed E-state index contributed by atoms with van der Waals surface area (Å²) >= 11 is 1.79. The summed E-state index contributed by atoms with van der Waals surface area (Å²) < 4.78 is 0. The molecule has 84 valence electrons. The van der Waals surface area contributed by atoms with Crippen LogP contribution in [0.2, 0.25) is 0 Å². The highest BCUT2D eigenvalue weighted by Gasteiger charge is 2.09. The van der Waals surface area contributed by atoms with Gasteiger partial charge in [0, 0.05) is 16.7 Å². The SMILES string of the molecule is CCC(C)SCC(O)c1cccc(N)c1. The van der Waals surface area contributed by atoms with Crippen molar-refractivity contribution in [3.8, 4) is 0 Å². The normalized spacial score (nSPS) is 14.9. The molecule has 2 atom stereocenters. The number of rotatable bonds is 5. The van der Waals surface area contributed by atoms with Gasteiger partial charge in [-0.05, 0) is 24.1 Å². The van der Waals surface area contributed by atoms with Crippen LogP contribution < -0.4 is 5.73 Å². The van der Waals surface area contributed by atoms with Crippen LogP contribution in [0.5, 0.6) is 0 Å². The topological polar surface area (TPSA) is 46.2 Å². The molecule has 0 fully saturated rings. The van der Waals surface area contributed by atoms with Crippen LogP contribution in [0.25, 0.3) is 0 Å². The first kappa shape index (κ1) is 12.4. The fourth-order valence-corrected chi connectivity index (χ4v) is 2.17. The highest BCUT2D eigenvalue weighted by atomic mass is 32.2. The first-order chi connectivity index (χ1) is 7.13. The number of nitrogens with two attached hydrogens (primary N) is 1. The highest BCUT2D eigenvalue weighted by Crippen LogP contribution is 2.23. The lowest BCUT2D eigenvalue weighted by atomic mass is 10.1. The molecule has 0 radical (unpaired) electrons. The second-order valence-corrected chi connectivity index (χ2v) is 5.21. The average molecular weight is 225 g/mol. The maximum absolute atomic E-state index is 9.91. The van der Waals surface area contributed by atoms with Crippen molar-refractivity contribution in [1.82, 2.24) is 0 Å². The molecule has 15 heavy (non-hydrogen) atoms. The number of hydrogen-bond acceptors (Lipinski definition) is 3. The van der Waals surface area contributed by atoms with E-state index in [-0.39, 0.29) is 0 Å². The summed E-state index contributed by atoms with van der Waals surface area (Å²) in [7, 11) is 0. The van der Waals surface area contributed by atoms with E-state index in [1.165, 1.54) is 0 Å². The van der Waals surface area contributed by atoms with Gasteiger partial charge in [-0.2, -0.15) is 11.8 Å². The molecular formula is C12H19NOS. The first-order valence-electron chi connectivity index (χ1n) is 5.28. The Morgan fingerprint density at radius 3 is 2.80 bits per heavy atom. The van der Waals surface area contributed by atoms with Crippen molar-refractivity contribution in [2.24, 2.45) is 0 Å². The minimum atomic E-state index is -0.410. The fourth-order valence-electron chi connectivity index (χ4n) is 1.24. The summed E-state index contributed by atoms with van der Waals surface area (Å²) in [6.45, 7) is 4.33. The molecule has 0 aromatic heterocycles. The molecular weight excluding hydrogens is 206 g/mol. The third kappa shape index (κ3) is 4.14. The summed E-state index contributed by atoms with van der Waals surface area (Å²) in [6.07, 6.45) is 0.724. The Hall–Kier alpha value is -0.670. The number of aliphatic hydroxyl groups is 1. The molecule has 0 bridgehead atoms. The van der Waals surface area contributed by atoms with Crippen LogP contribution in [0, 0.1) is 0 Å². The quantitative estimate of drug-likeness (QED) is 0.757. The van der Waals surface area contributed by atoms with Crippen LogP contribution in [0.1, 0.15) is 31.9 Å². The van der Waals surface area contributed by atoms with E-state index in [0.29, 0.717) is 10.9 Å². The first-order valence-corrected chi connectivity index (χ1v) is 6.33. The fraction of sp³-hybridized carbons (Fsp3) is 0.500. The number of benzene rings is 1. The van der Waals surface area contributed by atoms with Gasteiger partial charge in [0.25, 0.3) is 0 Å². The van der Waals surface area contributed by atoms with Crippen LogP contribution in [0.4, 0.5) is 5.69 Å². The number of aliphatic hydroxyl groups excluding tert-OH is 1. The van der Waals surface area contributed by atoms with Gasteiger partial charge >= 0.3 is 0 Å². The molecule has 0 saturated carbocycles. The predicted octanol–water partition coefficient (Wildman–Crippen LogP) is 2.83. The number of nitrogen functional groups attached to an aromatic ring is 1. The third-order valence-electron chi connectivity index (χ3n) is 2.41. The molecule has 1 rings (SSSR count). The third-order valence-corrected chi connectivity index (χ3v) is 3.82. The van der Waals surface area contributed by atoms with Crippen LogP contribution in [0.3, 0.4) is 0 Å². The molecule has 0 amide bonds. The van der Waals surface area contributed by atoms with Crippen LogP contribution in [-0.4, -0.2) is 16.1 Å². The zero-order chi connectivity index (χ0) is 11.3. The lowest BCUT2D eigenvalue weighted by molar-refractivity contribution is 0.204. The molecule has 2 nitrogen and oxygen atoms in total. The predicted molar refractivity (Wildman–Crippen MR) is 68.0 cm³/mol. The van der Waals surface area contributed by atoms with Crippen molar-refractivity contribution in [2.75, 3.05) is 11.5 Å². The summed E-state index contributed by atoms with van der Waals surface area (Å²) in [4.78, 5) is 0.